The Morgan fingerprint density at radius 2 is 2.22 bits per heavy atom. The van der Waals surface area contributed by atoms with Crippen molar-refractivity contribution >= 4 is 29.0 Å². The second-order valence-corrected chi connectivity index (χ2v) is 6.40. The molecule has 8 heteroatoms. The van der Waals surface area contributed by atoms with Gasteiger partial charge in [0.2, 0.25) is 11.9 Å². The Hall–Kier alpha value is -2.48. The van der Waals surface area contributed by atoms with Crippen LogP contribution in [0.2, 0.25) is 0 Å². The molecule has 3 N–H and O–H groups in total. The Balaban J connectivity index is 1.82. The maximum atomic E-state index is 12.4. The lowest BCUT2D eigenvalue weighted by Gasteiger charge is -2.14. The minimum absolute atomic E-state index is 0.0122. The van der Waals surface area contributed by atoms with Gasteiger partial charge in [0.1, 0.15) is 0 Å². The second kappa shape index (κ2) is 5.96. The number of aryl methyl sites for hydroxylation is 2. The van der Waals surface area contributed by atoms with E-state index in [1.807, 2.05) is 38.3 Å². The van der Waals surface area contributed by atoms with Gasteiger partial charge in [-0.25, -0.2) is 4.98 Å². The van der Waals surface area contributed by atoms with E-state index in [1.54, 1.807) is 15.9 Å². The maximum absolute atomic E-state index is 12.4. The van der Waals surface area contributed by atoms with Crippen LogP contribution in [0.4, 0.5) is 5.95 Å². The molecule has 0 radical (unpaired) electrons. The third kappa shape index (κ3) is 3.02. The van der Waals surface area contributed by atoms with Gasteiger partial charge in [-0.1, -0.05) is 6.07 Å². The lowest BCUT2D eigenvalue weighted by Crippen LogP contribution is -2.28. The highest BCUT2D eigenvalue weighted by Gasteiger charge is 2.17. The fraction of sp³-hybridized carbons (Fsp3) is 0.333. The second-order valence-electron chi connectivity index (χ2n) is 5.42. The van der Waals surface area contributed by atoms with Crippen LogP contribution in [0.5, 0.6) is 0 Å². The summed E-state index contributed by atoms with van der Waals surface area (Å²) in [5, 5.41) is 9.13. The minimum Gasteiger partial charge on any atom is -0.366 e. The van der Waals surface area contributed by atoms with E-state index in [0.717, 1.165) is 21.8 Å². The summed E-state index contributed by atoms with van der Waals surface area (Å²) in [6.45, 7) is 5.73. The molecular weight excluding hydrogens is 312 g/mol. The molecule has 3 heterocycles. The molecule has 3 aromatic heterocycles. The average molecular weight is 330 g/mol. The number of hydrogen-bond donors (Lipinski definition) is 2. The zero-order valence-corrected chi connectivity index (χ0v) is 14.0. The van der Waals surface area contributed by atoms with Crippen LogP contribution < -0.4 is 11.1 Å². The van der Waals surface area contributed by atoms with Crippen molar-refractivity contribution < 1.29 is 4.79 Å². The van der Waals surface area contributed by atoms with Gasteiger partial charge in [-0.15, -0.1) is 16.4 Å². The molecule has 0 saturated carbocycles. The number of anilines is 1. The molecule has 0 bridgehead atoms. The number of carbonyl (C=O) groups is 1. The van der Waals surface area contributed by atoms with Crippen LogP contribution in [-0.4, -0.2) is 25.5 Å². The summed E-state index contributed by atoms with van der Waals surface area (Å²) in [6, 6.07) is 3.98. The van der Waals surface area contributed by atoms with Crippen molar-refractivity contribution in [3.05, 3.63) is 39.3 Å². The van der Waals surface area contributed by atoms with Crippen LogP contribution in [0.1, 0.15) is 34.8 Å². The Morgan fingerprint density at radius 3 is 2.91 bits per heavy atom. The Labute approximate surface area is 137 Å². The number of aromatic nitrogens is 4. The van der Waals surface area contributed by atoms with E-state index >= 15 is 0 Å². The molecule has 0 spiro atoms. The summed E-state index contributed by atoms with van der Waals surface area (Å²) in [5.74, 6) is 0.577. The third-order valence-corrected chi connectivity index (χ3v) is 4.81. The van der Waals surface area contributed by atoms with Crippen LogP contribution in [-0.2, 0) is 11.2 Å². The van der Waals surface area contributed by atoms with Gasteiger partial charge in [0.15, 0.2) is 0 Å². The third-order valence-electron chi connectivity index (χ3n) is 3.75. The molecule has 0 aliphatic rings. The van der Waals surface area contributed by atoms with Gasteiger partial charge < -0.3 is 11.1 Å². The smallest absolute Gasteiger partial charge is 0.254 e. The Morgan fingerprint density at radius 1 is 1.43 bits per heavy atom. The minimum atomic E-state index is -0.0497. The van der Waals surface area contributed by atoms with Crippen molar-refractivity contribution in [3.8, 4) is 0 Å². The first-order chi connectivity index (χ1) is 11.0. The zero-order chi connectivity index (χ0) is 16.6. The number of amides is 1. The van der Waals surface area contributed by atoms with E-state index < -0.39 is 0 Å². The summed E-state index contributed by atoms with van der Waals surface area (Å²) in [6.07, 6.45) is 0.246. The lowest BCUT2D eigenvalue weighted by molar-refractivity contribution is -0.121. The maximum Gasteiger partial charge on any atom is 0.254 e. The quantitative estimate of drug-likeness (QED) is 0.760. The summed E-state index contributed by atoms with van der Waals surface area (Å²) < 4.78 is 1.58. The Bertz CT molecular complexity index is 855. The first-order valence-electron chi connectivity index (χ1n) is 7.27. The van der Waals surface area contributed by atoms with Crippen molar-refractivity contribution in [1.82, 2.24) is 24.9 Å². The molecule has 0 aromatic carbocycles. The fourth-order valence-electron chi connectivity index (χ4n) is 2.54. The molecule has 7 nitrogen and oxygen atoms in total. The van der Waals surface area contributed by atoms with E-state index in [9.17, 15) is 4.79 Å². The van der Waals surface area contributed by atoms with Crippen LogP contribution in [0.25, 0.3) is 5.78 Å². The van der Waals surface area contributed by atoms with Crippen LogP contribution in [0.3, 0.4) is 0 Å². The largest absolute Gasteiger partial charge is 0.366 e. The van der Waals surface area contributed by atoms with Gasteiger partial charge >= 0.3 is 0 Å². The van der Waals surface area contributed by atoms with E-state index in [-0.39, 0.29) is 24.3 Å². The number of rotatable bonds is 4. The van der Waals surface area contributed by atoms with Gasteiger partial charge in [0.25, 0.3) is 5.78 Å². The van der Waals surface area contributed by atoms with Crippen molar-refractivity contribution in [1.29, 1.82) is 0 Å². The normalized spacial score (nSPS) is 12.5. The molecule has 120 valence electrons. The molecule has 3 rings (SSSR count). The SMILES string of the molecule is Cc1nc2nc(N)nn2c(C)c1CC(=O)NC(C)c1cccs1. The first kappa shape index (κ1) is 15.4. The standard InChI is InChI=1S/C15H18N6OS/c1-8-11(10(3)21-15(18-8)19-14(16)20-21)7-13(22)17-9(2)12-5-4-6-23-12/h4-6,9H,7H2,1-3H3,(H2,16,20)(H,17,22). The number of nitrogens with zero attached hydrogens (tertiary/aromatic N) is 4. The van der Waals surface area contributed by atoms with Crippen molar-refractivity contribution in [2.24, 2.45) is 0 Å². The molecule has 0 saturated heterocycles. The molecular formula is C15H18N6OS. The van der Waals surface area contributed by atoms with E-state index in [4.69, 9.17) is 5.73 Å². The van der Waals surface area contributed by atoms with Crippen molar-refractivity contribution in [3.63, 3.8) is 0 Å². The summed E-state index contributed by atoms with van der Waals surface area (Å²) in [5.41, 5.74) is 8.06. The molecule has 0 aliphatic heterocycles. The highest BCUT2D eigenvalue weighted by molar-refractivity contribution is 7.10. The van der Waals surface area contributed by atoms with E-state index in [2.05, 4.69) is 20.4 Å². The summed E-state index contributed by atoms with van der Waals surface area (Å²) in [7, 11) is 0. The first-order valence-corrected chi connectivity index (χ1v) is 8.14. The summed E-state index contributed by atoms with van der Waals surface area (Å²) in [4.78, 5) is 21.9. The molecule has 1 unspecified atom stereocenters. The number of nitrogens with one attached hydrogen (secondary N) is 1. The average Bonchev–Trinajstić information content (AvgIpc) is 3.12. The molecule has 3 aromatic rings. The van der Waals surface area contributed by atoms with Gasteiger partial charge in [-0.3, -0.25) is 4.79 Å². The monoisotopic (exact) mass is 330 g/mol. The van der Waals surface area contributed by atoms with E-state index in [0.29, 0.717) is 5.78 Å². The number of hydrogen-bond acceptors (Lipinski definition) is 6. The van der Waals surface area contributed by atoms with Gasteiger partial charge in [0.05, 0.1) is 12.5 Å². The van der Waals surface area contributed by atoms with Crippen LogP contribution >= 0.6 is 11.3 Å². The highest BCUT2D eigenvalue weighted by atomic mass is 32.1. The predicted molar refractivity (Wildman–Crippen MR) is 89.2 cm³/mol. The molecule has 23 heavy (non-hydrogen) atoms. The van der Waals surface area contributed by atoms with Crippen molar-refractivity contribution in [2.45, 2.75) is 33.2 Å². The van der Waals surface area contributed by atoms with Crippen molar-refractivity contribution in [2.75, 3.05) is 5.73 Å². The lowest BCUT2D eigenvalue weighted by atomic mass is 10.1. The highest BCUT2D eigenvalue weighted by Crippen LogP contribution is 2.19. The number of nitrogen functional groups attached to an aromatic ring is 1. The molecule has 1 atom stereocenters. The predicted octanol–water partition coefficient (Wildman–Crippen LogP) is 1.80. The summed E-state index contributed by atoms with van der Waals surface area (Å²) >= 11 is 1.63. The number of thiophene rings is 1. The zero-order valence-electron chi connectivity index (χ0n) is 13.2. The topological polar surface area (TPSA) is 98.2 Å². The number of nitrogens with two attached hydrogens (primary N) is 1. The van der Waals surface area contributed by atoms with Gasteiger partial charge in [0, 0.05) is 21.8 Å². The number of carbonyl (C=O) groups excluding carboxylic acids is 1. The molecule has 1 amide bonds. The number of fused-ring (bicyclic) bond motifs is 1. The molecule has 0 fully saturated rings. The fourth-order valence-corrected chi connectivity index (χ4v) is 3.28. The Kier molecular flexibility index (Phi) is 3.99. The van der Waals surface area contributed by atoms with Gasteiger partial charge in [-0.2, -0.15) is 9.50 Å². The van der Waals surface area contributed by atoms with Crippen LogP contribution in [0, 0.1) is 13.8 Å². The van der Waals surface area contributed by atoms with Crippen LogP contribution in [0.15, 0.2) is 17.5 Å². The molecule has 0 aliphatic carbocycles. The van der Waals surface area contributed by atoms with E-state index in [1.165, 1.54) is 0 Å². The van der Waals surface area contributed by atoms with Gasteiger partial charge in [-0.05, 0) is 32.2 Å².